The standard InChI is InChI=1S/C9H13N/c1-3-8-5-6-10-7-9(8)4-2/h3-4,7H,5-6H2,1-2H3/b8-3-,9-4-. The van der Waals surface area contributed by atoms with E-state index in [1.165, 1.54) is 11.1 Å². The fourth-order valence-electron chi connectivity index (χ4n) is 1.15. The van der Waals surface area contributed by atoms with Crippen LogP contribution >= 0.6 is 0 Å². The summed E-state index contributed by atoms with van der Waals surface area (Å²) in [6, 6.07) is 0. The second kappa shape index (κ2) is 3.35. The van der Waals surface area contributed by atoms with Gasteiger partial charge in [-0.1, -0.05) is 12.2 Å². The second-order valence-corrected chi connectivity index (χ2v) is 2.34. The molecule has 0 aromatic carbocycles. The highest BCUT2D eigenvalue weighted by molar-refractivity contribution is 5.85. The van der Waals surface area contributed by atoms with E-state index in [0.29, 0.717) is 0 Å². The lowest BCUT2D eigenvalue weighted by Gasteiger charge is -2.10. The molecule has 1 rings (SSSR count). The number of hydrogen-bond donors (Lipinski definition) is 0. The highest BCUT2D eigenvalue weighted by Crippen LogP contribution is 2.15. The Bertz CT molecular complexity index is 197. The van der Waals surface area contributed by atoms with Crippen molar-refractivity contribution in [1.82, 2.24) is 0 Å². The summed E-state index contributed by atoms with van der Waals surface area (Å²) in [6.45, 7) is 5.09. The quantitative estimate of drug-likeness (QED) is 0.483. The third-order valence-corrected chi connectivity index (χ3v) is 1.77. The Labute approximate surface area is 62.2 Å². The average molecular weight is 135 g/mol. The highest BCUT2D eigenvalue weighted by atomic mass is 14.7. The van der Waals surface area contributed by atoms with Crippen molar-refractivity contribution in [1.29, 1.82) is 0 Å². The molecule has 1 heteroatoms. The first-order valence-corrected chi connectivity index (χ1v) is 3.70. The van der Waals surface area contributed by atoms with Crippen LogP contribution in [0, 0.1) is 0 Å². The fourth-order valence-corrected chi connectivity index (χ4v) is 1.15. The lowest BCUT2D eigenvalue weighted by atomic mass is 10.0. The van der Waals surface area contributed by atoms with E-state index in [0.717, 1.165) is 13.0 Å². The summed E-state index contributed by atoms with van der Waals surface area (Å²) >= 11 is 0. The molecule has 1 nitrogen and oxygen atoms in total. The van der Waals surface area contributed by atoms with Crippen LogP contribution in [0.2, 0.25) is 0 Å². The smallest absolute Gasteiger partial charge is 0.0430 e. The van der Waals surface area contributed by atoms with Gasteiger partial charge in [-0.2, -0.15) is 0 Å². The van der Waals surface area contributed by atoms with Crippen LogP contribution in [0.1, 0.15) is 20.3 Å². The zero-order chi connectivity index (χ0) is 7.40. The predicted molar refractivity (Wildman–Crippen MR) is 45.5 cm³/mol. The largest absolute Gasteiger partial charge is 0.292 e. The van der Waals surface area contributed by atoms with Crippen LogP contribution in [-0.2, 0) is 0 Å². The van der Waals surface area contributed by atoms with Gasteiger partial charge in [0.15, 0.2) is 0 Å². The van der Waals surface area contributed by atoms with Gasteiger partial charge in [0, 0.05) is 12.8 Å². The number of allylic oxidation sites excluding steroid dienone is 3. The number of rotatable bonds is 0. The maximum Gasteiger partial charge on any atom is 0.0430 e. The molecule has 1 aliphatic heterocycles. The zero-order valence-corrected chi connectivity index (χ0v) is 6.59. The molecule has 0 fully saturated rings. The summed E-state index contributed by atoms with van der Waals surface area (Å²) in [7, 11) is 0. The van der Waals surface area contributed by atoms with E-state index in [9.17, 15) is 0 Å². The van der Waals surface area contributed by atoms with Crippen LogP contribution < -0.4 is 0 Å². The number of nitrogens with zero attached hydrogens (tertiary/aromatic N) is 1. The lowest BCUT2D eigenvalue weighted by molar-refractivity contribution is 0.946. The van der Waals surface area contributed by atoms with Gasteiger partial charge in [-0.05, 0) is 31.4 Å². The van der Waals surface area contributed by atoms with Crippen molar-refractivity contribution in [2.45, 2.75) is 20.3 Å². The summed E-state index contributed by atoms with van der Waals surface area (Å²) in [6.07, 6.45) is 7.34. The SMILES string of the molecule is C/C=C1/CCN=C/C1=C/C. The summed E-state index contributed by atoms with van der Waals surface area (Å²) in [5.41, 5.74) is 2.71. The average Bonchev–Trinajstić information content (AvgIpc) is 2.04. The molecule has 10 heavy (non-hydrogen) atoms. The molecular formula is C9H13N. The van der Waals surface area contributed by atoms with Gasteiger partial charge in [-0.25, -0.2) is 0 Å². The first kappa shape index (κ1) is 7.26. The maximum atomic E-state index is 4.19. The minimum Gasteiger partial charge on any atom is -0.292 e. The Hall–Kier alpha value is -0.850. The summed E-state index contributed by atoms with van der Waals surface area (Å²) in [4.78, 5) is 4.19. The molecular weight excluding hydrogens is 122 g/mol. The molecule has 1 heterocycles. The summed E-state index contributed by atoms with van der Waals surface area (Å²) in [5, 5.41) is 0. The zero-order valence-electron chi connectivity index (χ0n) is 6.59. The first-order chi connectivity index (χ1) is 4.88. The van der Waals surface area contributed by atoms with Gasteiger partial charge in [0.25, 0.3) is 0 Å². The van der Waals surface area contributed by atoms with E-state index in [1.807, 2.05) is 6.21 Å². The van der Waals surface area contributed by atoms with E-state index in [4.69, 9.17) is 0 Å². The van der Waals surface area contributed by atoms with Gasteiger partial charge in [0.1, 0.15) is 0 Å². The van der Waals surface area contributed by atoms with E-state index < -0.39 is 0 Å². The normalized spacial score (nSPS) is 26.2. The van der Waals surface area contributed by atoms with Gasteiger partial charge in [0.05, 0.1) is 0 Å². The van der Waals surface area contributed by atoms with Crippen LogP contribution in [0.15, 0.2) is 28.3 Å². The van der Waals surface area contributed by atoms with Gasteiger partial charge < -0.3 is 0 Å². The van der Waals surface area contributed by atoms with Gasteiger partial charge in [-0.15, -0.1) is 0 Å². The van der Waals surface area contributed by atoms with Crippen molar-refractivity contribution in [2.75, 3.05) is 6.54 Å². The molecule has 0 saturated carbocycles. The van der Waals surface area contributed by atoms with Crippen molar-refractivity contribution < 1.29 is 0 Å². The van der Waals surface area contributed by atoms with E-state index in [2.05, 4.69) is 31.0 Å². The molecule has 54 valence electrons. The van der Waals surface area contributed by atoms with Crippen molar-refractivity contribution in [3.63, 3.8) is 0 Å². The Balaban J connectivity index is 2.86. The maximum absolute atomic E-state index is 4.19. The van der Waals surface area contributed by atoms with E-state index in [-0.39, 0.29) is 0 Å². The molecule has 0 unspecified atom stereocenters. The van der Waals surface area contributed by atoms with Gasteiger partial charge in [0.2, 0.25) is 0 Å². The number of hydrogen-bond acceptors (Lipinski definition) is 1. The molecule has 0 saturated heterocycles. The van der Waals surface area contributed by atoms with Crippen LogP contribution in [0.3, 0.4) is 0 Å². The molecule has 0 radical (unpaired) electrons. The van der Waals surface area contributed by atoms with Gasteiger partial charge in [-0.3, -0.25) is 4.99 Å². The third kappa shape index (κ3) is 1.35. The topological polar surface area (TPSA) is 12.4 Å². The molecule has 0 atom stereocenters. The van der Waals surface area contributed by atoms with Gasteiger partial charge >= 0.3 is 0 Å². The molecule has 0 spiro atoms. The van der Waals surface area contributed by atoms with Crippen LogP contribution in [0.4, 0.5) is 0 Å². The molecule has 0 amide bonds. The minimum absolute atomic E-state index is 0.955. The Morgan fingerprint density at radius 1 is 1.40 bits per heavy atom. The summed E-state index contributed by atoms with van der Waals surface area (Å²) < 4.78 is 0. The molecule has 1 aliphatic rings. The van der Waals surface area contributed by atoms with Crippen molar-refractivity contribution in [3.8, 4) is 0 Å². The van der Waals surface area contributed by atoms with Crippen LogP contribution in [0.25, 0.3) is 0 Å². The number of aliphatic imine (C=N–C) groups is 1. The minimum atomic E-state index is 0.955. The summed E-state index contributed by atoms with van der Waals surface area (Å²) in [5.74, 6) is 0. The van der Waals surface area contributed by atoms with E-state index in [1.54, 1.807) is 0 Å². The van der Waals surface area contributed by atoms with Crippen LogP contribution in [-0.4, -0.2) is 12.8 Å². The first-order valence-electron chi connectivity index (χ1n) is 3.70. The van der Waals surface area contributed by atoms with Crippen molar-refractivity contribution in [2.24, 2.45) is 4.99 Å². The third-order valence-electron chi connectivity index (χ3n) is 1.77. The Kier molecular flexibility index (Phi) is 2.43. The van der Waals surface area contributed by atoms with Crippen molar-refractivity contribution >= 4 is 6.21 Å². The predicted octanol–water partition coefficient (Wildman–Crippen LogP) is 2.35. The van der Waals surface area contributed by atoms with Crippen LogP contribution in [0.5, 0.6) is 0 Å². The molecule has 0 bridgehead atoms. The molecule has 0 N–H and O–H groups in total. The monoisotopic (exact) mass is 135 g/mol. The fraction of sp³-hybridized carbons (Fsp3) is 0.444. The highest BCUT2D eigenvalue weighted by Gasteiger charge is 2.03. The van der Waals surface area contributed by atoms with E-state index >= 15 is 0 Å². The molecule has 0 aromatic heterocycles. The van der Waals surface area contributed by atoms with Crippen molar-refractivity contribution in [3.05, 3.63) is 23.3 Å². The lowest BCUT2D eigenvalue weighted by Crippen LogP contribution is -2.00. The second-order valence-electron chi connectivity index (χ2n) is 2.34. The molecule has 0 aliphatic carbocycles. The molecule has 0 aromatic rings. The Morgan fingerprint density at radius 3 is 2.70 bits per heavy atom. The Morgan fingerprint density at radius 2 is 2.20 bits per heavy atom.